The second-order valence-electron chi connectivity index (χ2n) is 14.0. The highest BCUT2D eigenvalue weighted by Gasteiger charge is 2.45. The summed E-state index contributed by atoms with van der Waals surface area (Å²) in [4.78, 5) is 0. The monoisotopic (exact) mass is 694 g/mol. The zero-order valence-electron chi connectivity index (χ0n) is 30.1. The van der Waals surface area contributed by atoms with Gasteiger partial charge in [-0.15, -0.1) is 0 Å². The molecule has 6 atom stereocenters. The minimum Gasteiger partial charge on any atom is -0.491 e. The first kappa shape index (κ1) is 35.6. The van der Waals surface area contributed by atoms with Crippen LogP contribution in [0.25, 0.3) is 11.1 Å². The van der Waals surface area contributed by atoms with E-state index in [1.165, 1.54) is 33.4 Å². The first-order chi connectivity index (χ1) is 24.9. The molecule has 0 amide bonds. The van der Waals surface area contributed by atoms with E-state index in [1.807, 2.05) is 27.7 Å². The number of epoxide rings is 2. The van der Waals surface area contributed by atoms with Gasteiger partial charge in [0.25, 0.3) is 0 Å². The summed E-state index contributed by atoms with van der Waals surface area (Å²) >= 11 is 0. The Morgan fingerprint density at radius 3 is 1.27 bits per heavy atom. The predicted molar refractivity (Wildman–Crippen MR) is 196 cm³/mol. The van der Waals surface area contributed by atoms with Gasteiger partial charge in [0.05, 0.1) is 69.5 Å². The molecule has 51 heavy (non-hydrogen) atoms. The number of ether oxygens (including phenoxy) is 8. The van der Waals surface area contributed by atoms with Gasteiger partial charge in [-0.25, -0.2) is 0 Å². The van der Waals surface area contributed by atoms with Crippen LogP contribution in [0.2, 0.25) is 0 Å². The van der Waals surface area contributed by atoms with Gasteiger partial charge in [-0.1, -0.05) is 72.8 Å². The molecule has 0 saturated carbocycles. The van der Waals surface area contributed by atoms with Crippen molar-refractivity contribution in [3.63, 3.8) is 0 Å². The summed E-state index contributed by atoms with van der Waals surface area (Å²) in [6, 6.07) is 34.5. The summed E-state index contributed by atoms with van der Waals surface area (Å²) in [7, 11) is 0. The lowest BCUT2D eigenvalue weighted by Gasteiger charge is -2.34. The van der Waals surface area contributed by atoms with Crippen LogP contribution in [0.4, 0.5) is 0 Å². The SMILES string of the molecule is CC(COc1ccc(C2(c3ccc(OCC(C)OCC(C)OCC4CO4)cc3)c3ccccc3-c3ccccc32)cc1)OCC(C)OCC1CO1. The van der Waals surface area contributed by atoms with Crippen LogP contribution in [-0.4, -0.2) is 89.5 Å². The molecule has 0 spiro atoms. The number of hydrogen-bond donors (Lipinski definition) is 0. The first-order valence-corrected chi connectivity index (χ1v) is 18.3. The van der Waals surface area contributed by atoms with Crippen molar-refractivity contribution in [2.24, 2.45) is 0 Å². The minimum absolute atomic E-state index is 0.00879. The summed E-state index contributed by atoms with van der Waals surface area (Å²) in [6.45, 7) is 12.8. The fourth-order valence-electron chi connectivity index (χ4n) is 6.72. The lowest BCUT2D eigenvalue weighted by molar-refractivity contribution is -0.0451. The Bertz CT molecular complexity index is 1570. The molecule has 0 radical (unpaired) electrons. The zero-order valence-corrected chi connectivity index (χ0v) is 30.1. The normalized spacial score (nSPS) is 20.5. The maximum absolute atomic E-state index is 6.20. The molecule has 4 aromatic carbocycles. The molecular formula is C43H50O8. The van der Waals surface area contributed by atoms with Crippen LogP contribution in [-0.2, 0) is 33.8 Å². The summed E-state index contributed by atoms with van der Waals surface area (Å²) < 4.78 is 46.4. The summed E-state index contributed by atoms with van der Waals surface area (Å²) in [5.74, 6) is 1.61. The number of fused-ring (bicyclic) bond motifs is 3. The van der Waals surface area contributed by atoms with Crippen LogP contribution in [0, 0.1) is 0 Å². The Labute approximate surface area is 301 Å². The predicted octanol–water partition coefficient (Wildman–Crippen LogP) is 7.23. The third-order valence-electron chi connectivity index (χ3n) is 9.67. The third-order valence-corrected chi connectivity index (χ3v) is 9.67. The molecular weight excluding hydrogens is 644 g/mol. The molecule has 2 aliphatic heterocycles. The topological polar surface area (TPSA) is 80.4 Å². The molecule has 8 heteroatoms. The van der Waals surface area contributed by atoms with Crippen molar-refractivity contribution in [2.75, 3.05) is 52.9 Å². The quantitative estimate of drug-likeness (QED) is 0.0791. The van der Waals surface area contributed by atoms with Gasteiger partial charge in [0.2, 0.25) is 0 Å². The average molecular weight is 695 g/mol. The van der Waals surface area contributed by atoms with Crippen LogP contribution < -0.4 is 9.47 Å². The molecule has 6 unspecified atom stereocenters. The molecule has 0 bridgehead atoms. The highest BCUT2D eigenvalue weighted by atomic mass is 16.6. The molecule has 0 aromatic heterocycles. The van der Waals surface area contributed by atoms with Gasteiger partial charge in [-0.05, 0) is 85.3 Å². The molecule has 3 aliphatic rings. The second-order valence-corrected chi connectivity index (χ2v) is 14.0. The molecule has 4 aromatic rings. The summed E-state index contributed by atoms with van der Waals surface area (Å²) in [5.41, 5.74) is 6.83. The second kappa shape index (κ2) is 16.3. The molecule has 0 N–H and O–H groups in total. The van der Waals surface area contributed by atoms with Crippen molar-refractivity contribution in [2.45, 2.75) is 69.7 Å². The highest BCUT2D eigenvalue weighted by Crippen LogP contribution is 2.56. The highest BCUT2D eigenvalue weighted by molar-refractivity contribution is 5.86. The van der Waals surface area contributed by atoms with Crippen LogP contribution in [0.1, 0.15) is 49.9 Å². The average Bonchev–Trinajstić information content (AvgIpc) is 4.11. The Kier molecular flexibility index (Phi) is 11.4. The fraction of sp³-hybridized carbons (Fsp3) is 0.442. The fourth-order valence-corrected chi connectivity index (χ4v) is 6.72. The number of hydrogen-bond acceptors (Lipinski definition) is 8. The minimum atomic E-state index is -0.514. The summed E-state index contributed by atoms with van der Waals surface area (Å²) in [6.07, 6.45) is 0.371. The molecule has 7 rings (SSSR count). The van der Waals surface area contributed by atoms with E-state index in [0.29, 0.717) is 39.6 Å². The number of rotatable bonds is 20. The van der Waals surface area contributed by atoms with E-state index in [0.717, 1.165) is 24.7 Å². The van der Waals surface area contributed by atoms with E-state index in [4.69, 9.17) is 37.9 Å². The Hall–Kier alpha value is -3.76. The van der Waals surface area contributed by atoms with Crippen molar-refractivity contribution < 1.29 is 37.9 Å². The Morgan fingerprint density at radius 1 is 0.510 bits per heavy atom. The van der Waals surface area contributed by atoms with Gasteiger partial charge < -0.3 is 37.9 Å². The van der Waals surface area contributed by atoms with E-state index in [2.05, 4.69) is 97.1 Å². The van der Waals surface area contributed by atoms with Crippen molar-refractivity contribution in [3.8, 4) is 22.6 Å². The first-order valence-electron chi connectivity index (χ1n) is 18.3. The van der Waals surface area contributed by atoms with E-state index in [1.54, 1.807) is 0 Å². The standard InChI is InChI=1S/C43H50O8/c1-29(46-25-37-27-50-37)21-44-31(3)23-48-35-17-13-33(14-18-35)43(41-11-7-5-9-39(41)40-10-6-8-12-42(40)43)34-15-19-36(20-16-34)49-24-32(4)45-22-30(2)47-26-38-28-51-38/h5-20,29-32,37-38H,21-28H2,1-4H3. The van der Waals surface area contributed by atoms with Gasteiger partial charge in [-0.2, -0.15) is 0 Å². The van der Waals surface area contributed by atoms with Crippen LogP contribution in [0.15, 0.2) is 97.1 Å². The molecule has 270 valence electrons. The van der Waals surface area contributed by atoms with Crippen LogP contribution in [0.3, 0.4) is 0 Å². The lowest BCUT2D eigenvalue weighted by Crippen LogP contribution is -2.28. The van der Waals surface area contributed by atoms with Crippen molar-refractivity contribution >= 4 is 0 Å². The van der Waals surface area contributed by atoms with E-state index in [9.17, 15) is 0 Å². The van der Waals surface area contributed by atoms with Gasteiger partial charge in [0.1, 0.15) is 36.9 Å². The lowest BCUT2D eigenvalue weighted by atomic mass is 9.68. The van der Waals surface area contributed by atoms with Gasteiger partial charge in [-0.3, -0.25) is 0 Å². The molecule has 1 aliphatic carbocycles. The van der Waals surface area contributed by atoms with Crippen molar-refractivity contribution in [1.82, 2.24) is 0 Å². The van der Waals surface area contributed by atoms with Crippen LogP contribution in [0.5, 0.6) is 11.5 Å². The summed E-state index contributed by atoms with van der Waals surface area (Å²) in [5, 5.41) is 0. The molecule has 2 fully saturated rings. The van der Waals surface area contributed by atoms with Crippen molar-refractivity contribution in [1.29, 1.82) is 0 Å². The molecule has 2 heterocycles. The Morgan fingerprint density at radius 2 is 0.882 bits per heavy atom. The largest absolute Gasteiger partial charge is 0.491 e. The van der Waals surface area contributed by atoms with E-state index < -0.39 is 5.41 Å². The van der Waals surface area contributed by atoms with Gasteiger partial charge >= 0.3 is 0 Å². The van der Waals surface area contributed by atoms with E-state index >= 15 is 0 Å². The third kappa shape index (κ3) is 8.66. The Balaban J connectivity index is 1.04. The maximum atomic E-state index is 6.20. The van der Waals surface area contributed by atoms with Gasteiger partial charge in [0, 0.05) is 0 Å². The zero-order chi connectivity index (χ0) is 35.2. The van der Waals surface area contributed by atoms with Gasteiger partial charge in [0.15, 0.2) is 0 Å². The van der Waals surface area contributed by atoms with Crippen molar-refractivity contribution in [3.05, 3.63) is 119 Å². The molecule has 2 saturated heterocycles. The smallest absolute Gasteiger partial charge is 0.119 e. The van der Waals surface area contributed by atoms with E-state index in [-0.39, 0.29) is 36.6 Å². The van der Waals surface area contributed by atoms with Crippen LogP contribution >= 0.6 is 0 Å². The number of benzene rings is 4. The maximum Gasteiger partial charge on any atom is 0.119 e. The molecule has 8 nitrogen and oxygen atoms in total.